The van der Waals surface area contributed by atoms with E-state index in [0.717, 1.165) is 93.7 Å². The quantitative estimate of drug-likeness (QED) is 0.0709. The average Bonchev–Trinajstić information content (AvgIpc) is 4.25. The minimum absolute atomic E-state index is 0. The molecule has 0 bridgehead atoms. The number of hydrogen-bond acceptors (Lipinski definition) is 6. The second-order valence-electron chi connectivity index (χ2n) is 19.3. The van der Waals surface area contributed by atoms with Gasteiger partial charge in [0.05, 0.1) is 29.3 Å². The van der Waals surface area contributed by atoms with Crippen LogP contribution in [-0.4, -0.2) is 40.8 Å². The second-order valence-corrected chi connectivity index (χ2v) is 19.3. The van der Waals surface area contributed by atoms with Gasteiger partial charge in [-0.1, -0.05) is 172 Å². The molecule has 1 aliphatic heterocycles. The maximum absolute atomic E-state index is 4.81. The van der Waals surface area contributed by atoms with E-state index >= 15 is 0 Å². The molecule has 0 amide bonds. The van der Waals surface area contributed by atoms with Crippen molar-refractivity contribution >= 4 is 26.4 Å². The van der Waals surface area contributed by atoms with Crippen LogP contribution in [0.5, 0.6) is 0 Å². The van der Waals surface area contributed by atoms with Crippen LogP contribution >= 0.6 is 26.4 Å². The third-order valence-corrected chi connectivity index (χ3v) is 13.1. The van der Waals surface area contributed by atoms with Crippen molar-refractivity contribution in [3.63, 3.8) is 0 Å². The van der Waals surface area contributed by atoms with E-state index in [0.29, 0.717) is 0 Å². The average molecular weight is 1550 g/mol. The van der Waals surface area contributed by atoms with E-state index in [1.54, 1.807) is 31.2 Å². The molecule has 5 aromatic heterocycles. The van der Waals surface area contributed by atoms with Gasteiger partial charge in [-0.2, -0.15) is 6.67 Å². The van der Waals surface area contributed by atoms with E-state index in [9.17, 15) is 0 Å². The van der Waals surface area contributed by atoms with Gasteiger partial charge in [0, 0.05) is 18.9 Å². The first-order valence-corrected chi connectivity index (χ1v) is 30.6. The number of imidazole rings is 1. The molecule has 6 heterocycles. The third kappa shape index (κ3) is 21.0. The van der Waals surface area contributed by atoms with Crippen LogP contribution in [0.15, 0.2) is 274 Å². The fraction of sp³-hybridized carbons (Fsp3) is 0.139. The molecule has 11 aromatic rings. The summed E-state index contributed by atoms with van der Waals surface area (Å²) in [6, 6.07) is 84.2. The van der Waals surface area contributed by atoms with Gasteiger partial charge < -0.3 is 9.80 Å². The van der Waals surface area contributed by atoms with Crippen LogP contribution in [0.3, 0.4) is 0 Å². The van der Waals surface area contributed by atoms with Crippen molar-refractivity contribution in [1.82, 2.24) is 34.3 Å². The van der Waals surface area contributed by atoms with Crippen molar-refractivity contribution in [2.75, 3.05) is 6.54 Å². The number of halogens is 2. The van der Waals surface area contributed by atoms with Gasteiger partial charge in [0.2, 0.25) is 6.33 Å². The van der Waals surface area contributed by atoms with Gasteiger partial charge in [-0.25, -0.2) is 9.13 Å². The summed E-state index contributed by atoms with van der Waals surface area (Å²) in [6.45, 7) is 10.8. The van der Waals surface area contributed by atoms with Gasteiger partial charge in [0.25, 0.3) is 0 Å². The molecule has 0 saturated heterocycles. The number of pyridine rings is 4. The molecule has 0 radical (unpaired) electrons. The summed E-state index contributed by atoms with van der Waals surface area (Å²) in [5.74, 6) is 0. The predicted octanol–water partition coefficient (Wildman–Crippen LogP) is 17.6. The molecule has 84 heavy (non-hydrogen) atoms. The zero-order valence-electron chi connectivity index (χ0n) is 47.2. The maximum Gasteiger partial charge on any atom is 2.00 e. The Morgan fingerprint density at radius 3 is 1.38 bits per heavy atom. The Balaban J connectivity index is 0.000000180. The number of aryl methyl sites for hydroxylation is 1. The zero-order valence-corrected chi connectivity index (χ0v) is 54.2. The molecule has 0 unspecified atom stereocenters. The monoisotopic (exact) mass is 1550 g/mol. The summed E-state index contributed by atoms with van der Waals surface area (Å²) >= 11 is 1.61. The molecule has 0 spiro atoms. The fourth-order valence-electron chi connectivity index (χ4n) is 8.93. The Morgan fingerprint density at radius 2 is 0.917 bits per heavy atom. The van der Waals surface area contributed by atoms with Crippen LogP contribution in [0.25, 0.3) is 67.5 Å². The van der Waals surface area contributed by atoms with Gasteiger partial charge >= 0.3 is 49.3 Å². The van der Waals surface area contributed by atoms with Crippen LogP contribution in [0.2, 0.25) is 0 Å². The summed E-state index contributed by atoms with van der Waals surface area (Å²) in [5, 5.41) is 0. The minimum Gasteiger partial charge on any atom is -0.295 e. The molecule has 0 saturated carbocycles. The summed E-state index contributed by atoms with van der Waals surface area (Å²) < 4.78 is 4.48. The SMILES string of the molecule is Br.CCCCN1C=CN(Cc2ccccc2)[CH-]1.CCCCn1cc[n+](Cc2ccccc2)c1.[Cl][Pt+].[Pt+2].[c-]1ccccc1-c1cc(-c2ccccc2)cc(-c2ccccn2)n1.[c-]1ccccc1-c1cc(-c2ccccc2)cc(-c2ccccn2)n1. The molecule has 1 aliphatic rings. The third-order valence-electron chi connectivity index (χ3n) is 13.1. The van der Waals surface area contributed by atoms with Crippen LogP contribution in [-0.2, 0) is 59.5 Å². The van der Waals surface area contributed by atoms with Crippen molar-refractivity contribution in [3.8, 4) is 67.5 Å². The van der Waals surface area contributed by atoms with Crippen molar-refractivity contribution < 1.29 is 44.4 Å². The van der Waals surface area contributed by atoms with Gasteiger partial charge in [-0.05, 0) is 113 Å². The van der Waals surface area contributed by atoms with Gasteiger partial charge in [-0.15, -0.1) is 88.8 Å². The smallest absolute Gasteiger partial charge is 0.295 e. The molecule has 0 atom stereocenters. The topological polar surface area (TPSA) is 66.8 Å². The van der Waals surface area contributed by atoms with Crippen LogP contribution in [0, 0.1) is 18.8 Å². The maximum atomic E-state index is 4.81. The molecule has 8 nitrogen and oxygen atoms in total. The molecule has 0 fully saturated rings. The number of rotatable bonds is 16. The number of hydrogen-bond donors (Lipinski definition) is 0. The number of nitrogens with zero attached hydrogens (tertiary/aromatic N) is 8. The Bertz CT molecular complexity index is 3110. The van der Waals surface area contributed by atoms with E-state index < -0.39 is 0 Å². The van der Waals surface area contributed by atoms with Crippen molar-refractivity contribution in [1.29, 1.82) is 0 Å². The standard InChI is InChI=1S/2C22H15N2.2C14H19N2.BrH.ClH.2Pt/c2*1-3-9-17(10-4-1)19-15-21(18-11-5-2-6-12-18)24-22(16-19)20-13-7-8-14-23-20;2*1-2-3-9-15-10-11-16(13-15)12-14-7-5-4-6-8-14;;;;/h2*1-11,13-16H;2*4-8,10-11,13H,2-3,9,12H2,1H3;2*1H;;/q3*-1;+1;;;2*+2/p-1. The van der Waals surface area contributed by atoms with Gasteiger partial charge in [-0.3, -0.25) is 19.9 Å². The van der Waals surface area contributed by atoms with E-state index in [4.69, 9.17) is 9.97 Å². The Morgan fingerprint density at radius 1 is 0.476 bits per heavy atom. The normalized spacial score (nSPS) is 10.9. The predicted molar refractivity (Wildman–Crippen MR) is 343 cm³/mol. The number of benzene rings is 6. The molecule has 12 rings (SSSR count). The molecule has 430 valence electrons. The number of aromatic nitrogens is 6. The largest absolute Gasteiger partial charge is 2.00 e. The first-order valence-electron chi connectivity index (χ1n) is 27.8. The van der Waals surface area contributed by atoms with Crippen molar-refractivity contribution in [2.45, 2.75) is 59.2 Å². The molecular formula is C72H69BrClN8Pt2+. The van der Waals surface area contributed by atoms with Crippen LogP contribution in [0.4, 0.5) is 0 Å². The van der Waals surface area contributed by atoms with Crippen molar-refractivity contribution in [3.05, 3.63) is 304 Å². The van der Waals surface area contributed by atoms with Crippen LogP contribution < -0.4 is 4.57 Å². The van der Waals surface area contributed by atoms with E-state index in [1.807, 2.05) is 121 Å². The molecule has 6 aromatic carbocycles. The summed E-state index contributed by atoms with van der Waals surface area (Å²) in [7, 11) is 4.61. The zero-order chi connectivity index (χ0) is 56.8. The molecule has 12 heteroatoms. The summed E-state index contributed by atoms with van der Waals surface area (Å²) in [5.41, 5.74) is 14.5. The van der Waals surface area contributed by atoms with Crippen molar-refractivity contribution in [2.24, 2.45) is 0 Å². The summed E-state index contributed by atoms with van der Waals surface area (Å²) in [4.78, 5) is 23.0. The Kier molecular flexibility index (Phi) is 29.0. The van der Waals surface area contributed by atoms with E-state index in [2.05, 4.69) is 211 Å². The van der Waals surface area contributed by atoms with E-state index in [1.165, 1.54) is 36.8 Å². The second kappa shape index (κ2) is 37.0. The molecule has 0 N–H and O–H groups in total. The van der Waals surface area contributed by atoms with E-state index in [-0.39, 0.29) is 38.0 Å². The molecule has 0 aliphatic carbocycles. The minimum atomic E-state index is 0. The first kappa shape index (κ1) is 65.8. The van der Waals surface area contributed by atoms with Gasteiger partial charge in [0.15, 0.2) is 0 Å². The Labute approximate surface area is 537 Å². The molecular weight excluding hydrogens is 1480 g/mol. The summed E-state index contributed by atoms with van der Waals surface area (Å²) in [6.07, 6.45) is 19.3. The number of unbranched alkanes of at least 4 members (excludes halogenated alkanes) is 2. The first-order chi connectivity index (χ1) is 40.6. The Hall–Kier alpha value is -7.38. The van der Waals surface area contributed by atoms with Crippen LogP contribution in [0.1, 0.15) is 50.7 Å². The van der Waals surface area contributed by atoms with Gasteiger partial charge in [0.1, 0.15) is 18.9 Å². The fourth-order valence-corrected chi connectivity index (χ4v) is 8.93.